The Labute approximate surface area is 50.7 Å². The number of alkyl halides is 1. The molecule has 34 valence electrons. The third-order valence-corrected chi connectivity index (χ3v) is 0.567. The fourth-order valence-electron chi connectivity index (χ4n) is 0. The van der Waals surface area contributed by atoms with Crippen molar-refractivity contribution in [2.24, 2.45) is 0 Å². The maximum Gasteiger partial charge on any atom is 0.0209 e. The van der Waals surface area contributed by atoms with Gasteiger partial charge in [0.05, 0.1) is 0 Å². The predicted molar refractivity (Wildman–Crippen MR) is 24.0 cm³/mol. The molecule has 0 aliphatic carbocycles. The Kier molecular flexibility index (Phi) is 16.3. The summed E-state index contributed by atoms with van der Waals surface area (Å²) in [5, 5.41) is 0.896. The van der Waals surface area contributed by atoms with Crippen LogP contribution in [0.15, 0.2) is 12.7 Å². The summed E-state index contributed by atoms with van der Waals surface area (Å²) in [6.45, 7) is 3.43. The van der Waals surface area contributed by atoms with Crippen molar-refractivity contribution < 1.29 is 16.5 Å². The van der Waals surface area contributed by atoms with Crippen molar-refractivity contribution >= 4 is 15.9 Å². The van der Waals surface area contributed by atoms with Gasteiger partial charge in [-0.25, -0.2) is 0 Å². The Balaban J connectivity index is 0. The summed E-state index contributed by atoms with van der Waals surface area (Å²) in [5.41, 5.74) is 0. The minimum atomic E-state index is 0. The molecule has 0 spiro atoms. The number of hydrogen-bond acceptors (Lipinski definition) is 0. The first kappa shape index (κ1) is 9.20. The summed E-state index contributed by atoms with van der Waals surface area (Å²) >= 11 is 3.13. The minimum Gasteiger partial charge on any atom is -0.102 e. The molecular formula is C3H5BrNi. The van der Waals surface area contributed by atoms with E-state index < -0.39 is 0 Å². The van der Waals surface area contributed by atoms with E-state index in [-0.39, 0.29) is 16.5 Å². The number of allylic oxidation sites excluding steroid dienone is 1. The first-order chi connectivity index (χ1) is 1.91. The van der Waals surface area contributed by atoms with Crippen LogP contribution >= 0.6 is 15.9 Å². The van der Waals surface area contributed by atoms with Gasteiger partial charge in [-0.2, -0.15) is 0 Å². The quantitative estimate of drug-likeness (QED) is 0.326. The van der Waals surface area contributed by atoms with E-state index in [1.807, 2.05) is 0 Å². The molecule has 0 aliphatic heterocycles. The van der Waals surface area contributed by atoms with Crippen LogP contribution in [0.1, 0.15) is 0 Å². The smallest absolute Gasteiger partial charge is 0.0209 e. The maximum absolute atomic E-state index is 3.43. The van der Waals surface area contributed by atoms with Crippen LogP contribution in [0.5, 0.6) is 0 Å². The number of halogens is 1. The van der Waals surface area contributed by atoms with Crippen LogP contribution in [0.25, 0.3) is 0 Å². The second kappa shape index (κ2) is 8.83. The molecule has 0 rings (SSSR count). The molecule has 0 radical (unpaired) electrons. The first-order valence-electron chi connectivity index (χ1n) is 1.08. The van der Waals surface area contributed by atoms with Gasteiger partial charge in [0, 0.05) is 21.8 Å². The molecule has 0 fully saturated rings. The molecule has 0 aromatic rings. The molecular weight excluding hydrogens is 175 g/mol. The van der Waals surface area contributed by atoms with Gasteiger partial charge >= 0.3 is 0 Å². The Bertz CT molecular complexity index is 20.9. The van der Waals surface area contributed by atoms with Gasteiger partial charge in [-0.3, -0.25) is 0 Å². The Morgan fingerprint density at radius 3 is 2.00 bits per heavy atom. The number of hydrogen-bond donors (Lipinski definition) is 0. The maximum atomic E-state index is 3.43. The molecule has 0 heterocycles. The van der Waals surface area contributed by atoms with Crippen LogP contribution in [0.3, 0.4) is 0 Å². The van der Waals surface area contributed by atoms with Gasteiger partial charge in [0.2, 0.25) is 0 Å². The van der Waals surface area contributed by atoms with Crippen molar-refractivity contribution in [2.75, 3.05) is 5.33 Å². The van der Waals surface area contributed by atoms with Crippen molar-refractivity contribution in [1.29, 1.82) is 0 Å². The van der Waals surface area contributed by atoms with Gasteiger partial charge in [-0.15, -0.1) is 6.58 Å². The Morgan fingerprint density at radius 2 is 2.00 bits per heavy atom. The van der Waals surface area contributed by atoms with Crippen LogP contribution in [0.2, 0.25) is 0 Å². The minimum absolute atomic E-state index is 0. The van der Waals surface area contributed by atoms with Gasteiger partial charge in [0.25, 0.3) is 0 Å². The van der Waals surface area contributed by atoms with Crippen LogP contribution in [0, 0.1) is 0 Å². The number of rotatable bonds is 1. The molecule has 0 saturated heterocycles. The zero-order valence-corrected chi connectivity index (χ0v) is 5.26. The zero-order valence-electron chi connectivity index (χ0n) is 2.69. The third kappa shape index (κ3) is 11.8. The average Bonchev–Trinajstić information content (AvgIpc) is 1.37. The van der Waals surface area contributed by atoms with Crippen LogP contribution in [0.4, 0.5) is 0 Å². The monoisotopic (exact) mass is 178 g/mol. The van der Waals surface area contributed by atoms with Gasteiger partial charge in [-0.1, -0.05) is 22.0 Å². The van der Waals surface area contributed by atoms with E-state index in [1.54, 1.807) is 6.08 Å². The molecule has 0 aliphatic rings. The SMILES string of the molecule is C=CCBr.[Ni]. The summed E-state index contributed by atoms with van der Waals surface area (Å²) < 4.78 is 0. The standard InChI is InChI=1S/C3H5Br.Ni/c1-2-3-4;/h2H,1,3H2;. The van der Waals surface area contributed by atoms with Crippen LogP contribution < -0.4 is 0 Å². The normalized spacial score (nSPS) is 5.00. The summed E-state index contributed by atoms with van der Waals surface area (Å²) in [5.74, 6) is 0. The molecule has 2 heteroatoms. The molecule has 0 amide bonds. The van der Waals surface area contributed by atoms with Crippen molar-refractivity contribution in [3.05, 3.63) is 12.7 Å². The summed E-state index contributed by atoms with van der Waals surface area (Å²) in [6.07, 6.45) is 1.79. The van der Waals surface area contributed by atoms with Gasteiger partial charge in [-0.05, 0) is 0 Å². The molecule has 0 saturated carbocycles. The fourth-order valence-corrected chi connectivity index (χ4v) is 0. The molecule has 0 aromatic carbocycles. The van der Waals surface area contributed by atoms with Crippen molar-refractivity contribution in [3.63, 3.8) is 0 Å². The van der Waals surface area contributed by atoms with E-state index in [1.165, 1.54) is 0 Å². The fraction of sp³-hybridized carbons (Fsp3) is 0.333. The largest absolute Gasteiger partial charge is 0.102 e. The van der Waals surface area contributed by atoms with Gasteiger partial charge in [0.1, 0.15) is 0 Å². The Hall–Kier alpha value is 0.714. The summed E-state index contributed by atoms with van der Waals surface area (Å²) in [6, 6.07) is 0. The predicted octanol–water partition coefficient (Wildman–Crippen LogP) is 1.56. The Morgan fingerprint density at radius 1 is 1.80 bits per heavy atom. The molecule has 0 N–H and O–H groups in total. The second-order valence-electron chi connectivity index (χ2n) is 0.443. The van der Waals surface area contributed by atoms with E-state index in [9.17, 15) is 0 Å². The van der Waals surface area contributed by atoms with E-state index in [4.69, 9.17) is 0 Å². The van der Waals surface area contributed by atoms with E-state index in [0.29, 0.717) is 0 Å². The van der Waals surface area contributed by atoms with Gasteiger partial charge in [0.15, 0.2) is 0 Å². The zero-order chi connectivity index (χ0) is 3.41. The van der Waals surface area contributed by atoms with Gasteiger partial charge < -0.3 is 0 Å². The van der Waals surface area contributed by atoms with Crippen molar-refractivity contribution in [3.8, 4) is 0 Å². The van der Waals surface area contributed by atoms with E-state index >= 15 is 0 Å². The first-order valence-corrected chi connectivity index (χ1v) is 2.21. The molecule has 0 aromatic heterocycles. The molecule has 0 bridgehead atoms. The molecule has 0 unspecified atom stereocenters. The molecule has 0 atom stereocenters. The average molecular weight is 180 g/mol. The van der Waals surface area contributed by atoms with Crippen molar-refractivity contribution in [2.45, 2.75) is 0 Å². The molecule has 5 heavy (non-hydrogen) atoms. The van der Waals surface area contributed by atoms with Crippen molar-refractivity contribution in [1.82, 2.24) is 0 Å². The third-order valence-electron chi connectivity index (χ3n) is 0.109. The second-order valence-corrected chi connectivity index (χ2v) is 1.09. The topological polar surface area (TPSA) is 0 Å². The summed E-state index contributed by atoms with van der Waals surface area (Å²) in [7, 11) is 0. The van der Waals surface area contributed by atoms with Crippen LogP contribution in [-0.2, 0) is 16.5 Å². The molecule has 0 nitrogen and oxygen atoms in total. The summed E-state index contributed by atoms with van der Waals surface area (Å²) in [4.78, 5) is 0. The van der Waals surface area contributed by atoms with E-state index in [0.717, 1.165) is 5.33 Å². The van der Waals surface area contributed by atoms with Crippen LogP contribution in [-0.4, -0.2) is 5.33 Å². The van der Waals surface area contributed by atoms with E-state index in [2.05, 4.69) is 22.5 Å².